The number of benzene rings is 2. The molecule has 2 aromatic heterocycles. The van der Waals surface area contributed by atoms with E-state index in [1.807, 2.05) is 40.0 Å². The van der Waals surface area contributed by atoms with Crippen LogP contribution in [-0.4, -0.2) is 39.9 Å². The zero-order chi connectivity index (χ0) is 28.5. The van der Waals surface area contributed by atoms with Crippen molar-refractivity contribution in [1.82, 2.24) is 9.97 Å². The molecule has 0 atom stereocenters. The molecule has 0 saturated carbocycles. The van der Waals surface area contributed by atoms with Crippen LogP contribution in [0.4, 0.5) is 0 Å². The minimum Gasteiger partial charge on any atom is -0.493 e. The van der Waals surface area contributed by atoms with Gasteiger partial charge in [0.1, 0.15) is 5.75 Å². The first-order valence-electron chi connectivity index (χ1n) is 13.6. The fourth-order valence-electron chi connectivity index (χ4n) is 4.75. The monoisotopic (exact) mass is 528 g/mol. The van der Waals surface area contributed by atoms with Gasteiger partial charge in [0.05, 0.1) is 35.3 Å². The molecule has 4 aromatic rings. The van der Waals surface area contributed by atoms with Crippen LogP contribution >= 0.6 is 0 Å². The lowest BCUT2D eigenvalue weighted by Crippen LogP contribution is -2.24. The molecule has 39 heavy (non-hydrogen) atoms. The van der Waals surface area contributed by atoms with Gasteiger partial charge < -0.3 is 14.6 Å². The average Bonchev–Trinajstić information content (AvgIpc) is 2.83. The number of hydrogen-bond donors (Lipinski definition) is 1. The Kier molecular flexibility index (Phi) is 7.99. The van der Waals surface area contributed by atoms with E-state index in [1.54, 1.807) is 20.8 Å². The quantitative estimate of drug-likeness (QED) is 0.290. The zero-order valence-electron chi connectivity index (χ0n) is 24.4. The van der Waals surface area contributed by atoms with Crippen molar-refractivity contribution in [3.63, 3.8) is 0 Å². The van der Waals surface area contributed by atoms with Gasteiger partial charge in [0, 0.05) is 41.1 Å². The lowest BCUT2D eigenvalue weighted by atomic mass is 9.88. The minimum absolute atomic E-state index is 0.190. The molecule has 5 rings (SSSR count). The topological polar surface area (TPSA) is 81.5 Å². The SMILES string of the molecule is CC(C)(C)O.Cc1ccc2c(-c3ccc4c5c(ccnc35)CCO4)c(CCOC(=O)C(C)(C)C)c(C)cc2n1. The number of carbonyl (C=O) groups excluding carboxylic acids is 1. The summed E-state index contributed by atoms with van der Waals surface area (Å²) in [6.45, 7) is 16.0. The van der Waals surface area contributed by atoms with Gasteiger partial charge in [-0.1, -0.05) is 6.07 Å². The van der Waals surface area contributed by atoms with E-state index in [-0.39, 0.29) is 5.97 Å². The first kappa shape index (κ1) is 28.5. The van der Waals surface area contributed by atoms with Crippen LogP contribution in [0.15, 0.2) is 42.6 Å². The molecule has 0 unspecified atom stereocenters. The highest BCUT2D eigenvalue weighted by molar-refractivity contribution is 6.07. The van der Waals surface area contributed by atoms with Crippen LogP contribution in [0.25, 0.3) is 32.9 Å². The van der Waals surface area contributed by atoms with E-state index in [0.29, 0.717) is 19.6 Å². The smallest absolute Gasteiger partial charge is 0.311 e. The number of hydrogen-bond acceptors (Lipinski definition) is 6. The van der Waals surface area contributed by atoms with Crippen LogP contribution in [0.5, 0.6) is 5.75 Å². The van der Waals surface area contributed by atoms with E-state index in [0.717, 1.165) is 61.9 Å². The Bertz CT molecular complexity index is 1510. The number of fused-ring (bicyclic) bond motifs is 1. The number of carbonyl (C=O) groups is 1. The van der Waals surface area contributed by atoms with Gasteiger partial charge in [0.15, 0.2) is 0 Å². The lowest BCUT2D eigenvalue weighted by molar-refractivity contribution is -0.152. The second kappa shape index (κ2) is 10.9. The van der Waals surface area contributed by atoms with Gasteiger partial charge in [-0.3, -0.25) is 14.8 Å². The largest absolute Gasteiger partial charge is 0.493 e. The predicted molar refractivity (Wildman–Crippen MR) is 157 cm³/mol. The molecule has 2 aromatic carbocycles. The summed E-state index contributed by atoms with van der Waals surface area (Å²) in [4.78, 5) is 22.0. The van der Waals surface area contributed by atoms with E-state index in [4.69, 9.17) is 24.5 Å². The molecule has 3 heterocycles. The Hall–Kier alpha value is -3.51. The Morgan fingerprint density at radius 2 is 1.77 bits per heavy atom. The summed E-state index contributed by atoms with van der Waals surface area (Å²) in [6.07, 6.45) is 3.38. The molecule has 0 aliphatic carbocycles. The van der Waals surface area contributed by atoms with E-state index in [2.05, 4.69) is 37.3 Å². The van der Waals surface area contributed by atoms with Crippen LogP contribution in [0.3, 0.4) is 0 Å². The van der Waals surface area contributed by atoms with Crippen LogP contribution in [0.1, 0.15) is 63.9 Å². The zero-order valence-corrected chi connectivity index (χ0v) is 24.4. The molecule has 0 fully saturated rings. The van der Waals surface area contributed by atoms with Gasteiger partial charge in [-0.25, -0.2) is 0 Å². The molecule has 1 aliphatic heterocycles. The normalized spacial score (nSPS) is 13.1. The van der Waals surface area contributed by atoms with Crippen LogP contribution in [-0.2, 0) is 22.4 Å². The molecule has 6 nitrogen and oxygen atoms in total. The van der Waals surface area contributed by atoms with Gasteiger partial charge in [0.25, 0.3) is 0 Å². The molecular weight excluding hydrogens is 488 g/mol. The van der Waals surface area contributed by atoms with Crippen molar-refractivity contribution in [2.45, 2.75) is 73.8 Å². The Balaban J connectivity index is 0.000000648. The van der Waals surface area contributed by atoms with Gasteiger partial charge in [-0.15, -0.1) is 0 Å². The molecule has 0 radical (unpaired) electrons. The summed E-state index contributed by atoms with van der Waals surface area (Å²) >= 11 is 0. The van der Waals surface area contributed by atoms with E-state index in [1.165, 1.54) is 5.56 Å². The molecule has 206 valence electrons. The standard InChI is InChI=1S/C29H30N2O3.C4H10O/c1-17-16-23-21(7-6-18(2)31-23)26(20(17)12-15-34-28(32)29(3,4)5)22-8-9-24-25-19(11-14-33-24)10-13-30-27(22)25;1-4(2,3)5/h6-10,13,16H,11-12,14-15H2,1-5H3;5H,1-3H3. The second-order valence-electron chi connectivity index (χ2n) is 12.3. The number of rotatable bonds is 4. The van der Waals surface area contributed by atoms with Crippen molar-refractivity contribution in [2.75, 3.05) is 13.2 Å². The third-order valence-electron chi connectivity index (χ3n) is 6.50. The Labute approximate surface area is 231 Å². The van der Waals surface area contributed by atoms with Crippen molar-refractivity contribution >= 4 is 27.8 Å². The third kappa shape index (κ3) is 6.56. The van der Waals surface area contributed by atoms with Crippen molar-refractivity contribution < 1.29 is 19.4 Å². The van der Waals surface area contributed by atoms with Crippen LogP contribution in [0.2, 0.25) is 0 Å². The summed E-state index contributed by atoms with van der Waals surface area (Å²) in [5, 5.41) is 10.7. The van der Waals surface area contributed by atoms with Crippen molar-refractivity contribution in [3.05, 3.63) is 65.0 Å². The average molecular weight is 529 g/mol. The summed E-state index contributed by atoms with van der Waals surface area (Å²) in [5.74, 6) is 0.699. The molecule has 0 spiro atoms. The number of aliphatic hydroxyl groups is 1. The van der Waals surface area contributed by atoms with Crippen molar-refractivity contribution in [3.8, 4) is 16.9 Å². The van der Waals surface area contributed by atoms with Crippen LogP contribution in [0, 0.1) is 19.3 Å². The Morgan fingerprint density at radius 3 is 2.46 bits per heavy atom. The summed E-state index contributed by atoms with van der Waals surface area (Å²) < 4.78 is 11.6. The first-order chi connectivity index (χ1) is 18.2. The molecule has 0 saturated heterocycles. The fourth-order valence-corrected chi connectivity index (χ4v) is 4.75. The number of esters is 1. The van der Waals surface area contributed by atoms with Crippen molar-refractivity contribution in [1.29, 1.82) is 0 Å². The molecular formula is C33H40N2O4. The van der Waals surface area contributed by atoms with Gasteiger partial charge in [0.2, 0.25) is 0 Å². The maximum Gasteiger partial charge on any atom is 0.311 e. The van der Waals surface area contributed by atoms with E-state index in [9.17, 15) is 4.79 Å². The lowest BCUT2D eigenvalue weighted by Gasteiger charge is -2.22. The number of aromatic nitrogens is 2. The highest BCUT2D eigenvalue weighted by Crippen LogP contribution is 2.42. The van der Waals surface area contributed by atoms with Gasteiger partial charge >= 0.3 is 5.97 Å². The summed E-state index contributed by atoms with van der Waals surface area (Å²) in [7, 11) is 0. The first-order valence-corrected chi connectivity index (χ1v) is 13.6. The molecule has 0 amide bonds. The summed E-state index contributed by atoms with van der Waals surface area (Å²) in [6, 6.07) is 12.6. The van der Waals surface area contributed by atoms with Crippen LogP contribution < -0.4 is 4.74 Å². The Morgan fingerprint density at radius 1 is 1.05 bits per heavy atom. The molecule has 0 bridgehead atoms. The number of nitrogens with zero attached hydrogens (tertiary/aromatic N) is 2. The molecule has 1 aliphatic rings. The highest BCUT2D eigenvalue weighted by Gasteiger charge is 2.24. The van der Waals surface area contributed by atoms with E-state index < -0.39 is 11.0 Å². The summed E-state index contributed by atoms with van der Waals surface area (Å²) in [5.41, 5.74) is 7.56. The maximum atomic E-state index is 12.4. The molecule has 1 N–H and O–H groups in total. The fraction of sp³-hybridized carbons (Fsp3) is 0.424. The predicted octanol–water partition coefficient (Wildman–Crippen LogP) is 6.91. The number of ether oxygens (including phenoxy) is 2. The number of pyridine rings is 2. The third-order valence-corrected chi connectivity index (χ3v) is 6.50. The molecule has 6 heteroatoms. The van der Waals surface area contributed by atoms with Gasteiger partial charge in [-0.05, 0) is 108 Å². The van der Waals surface area contributed by atoms with E-state index >= 15 is 0 Å². The van der Waals surface area contributed by atoms with Crippen molar-refractivity contribution in [2.24, 2.45) is 5.41 Å². The maximum absolute atomic E-state index is 12.4. The minimum atomic E-state index is -0.525. The van der Waals surface area contributed by atoms with Gasteiger partial charge in [-0.2, -0.15) is 0 Å². The highest BCUT2D eigenvalue weighted by atomic mass is 16.5. The second-order valence-corrected chi connectivity index (χ2v) is 12.3. The number of aryl methyl sites for hydroxylation is 2.